The Morgan fingerprint density at radius 1 is 1.32 bits per heavy atom. The lowest BCUT2D eigenvalue weighted by Gasteiger charge is -2.06. The van der Waals surface area contributed by atoms with E-state index in [0.29, 0.717) is 31.7 Å². The molecule has 100 valence electrons. The smallest absolute Gasteiger partial charge is 0.228 e. The molecule has 6 heteroatoms. The monoisotopic (exact) mass is 260 g/mol. The molecular weight excluding hydrogens is 244 g/mol. The van der Waals surface area contributed by atoms with Gasteiger partial charge < -0.3 is 15.6 Å². The fourth-order valence-electron chi connectivity index (χ4n) is 1.71. The third kappa shape index (κ3) is 4.09. The van der Waals surface area contributed by atoms with Crippen LogP contribution < -0.4 is 11.1 Å². The number of para-hydroxylation sites is 1. The van der Waals surface area contributed by atoms with E-state index in [9.17, 15) is 4.79 Å². The van der Waals surface area contributed by atoms with Crippen LogP contribution in [0.3, 0.4) is 0 Å². The number of rotatable bonds is 6. The third-order valence-corrected chi connectivity index (χ3v) is 2.74. The number of hydrogen-bond donors (Lipinski definition) is 2. The summed E-state index contributed by atoms with van der Waals surface area (Å²) in [4.78, 5) is 15.5. The van der Waals surface area contributed by atoms with Crippen molar-refractivity contribution in [2.75, 3.05) is 12.3 Å². The van der Waals surface area contributed by atoms with E-state index in [-0.39, 0.29) is 5.91 Å². The molecule has 0 atom stereocenters. The van der Waals surface area contributed by atoms with Gasteiger partial charge in [0.2, 0.25) is 11.8 Å². The normalized spacial score (nSPS) is 10.3. The van der Waals surface area contributed by atoms with Crippen LogP contribution in [0.1, 0.15) is 17.9 Å². The van der Waals surface area contributed by atoms with Crippen molar-refractivity contribution in [3.05, 3.63) is 42.0 Å². The predicted molar refractivity (Wildman–Crippen MR) is 70.2 cm³/mol. The second-order valence-electron chi connectivity index (χ2n) is 4.13. The average molecular weight is 260 g/mol. The SMILES string of the molecule is Nc1ccccc1CCC(=O)NCCc1ncno1. The van der Waals surface area contributed by atoms with E-state index in [1.54, 1.807) is 0 Å². The second kappa shape index (κ2) is 6.53. The Morgan fingerprint density at radius 3 is 2.89 bits per heavy atom. The number of nitrogens with one attached hydrogen (secondary N) is 1. The largest absolute Gasteiger partial charge is 0.399 e. The molecule has 1 amide bonds. The van der Waals surface area contributed by atoms with Gasteiger partial charge in [0.15, 0.2) is 6.33 Å². The van der Waals surface area contributed by atoms with Crippen LogP contribution in [0.15, 0.2) is 35.1 Å². The maximum atomic E-state index is 11.6. The van der Waals surface area contributed by atoms with Crippen LogP contribution in [-0.4, -0.2) is 22.6 Å². The molecular formula is C13H16N4O2. The second-order valence-corrected chi connectivity index (χ2v) is 4.13. The Balaban J connectivity index is 1.69. The molecule has 6 nitrogen and oxygen atoms in total. The number of hydrogen-bond acceptors (Lipinski definition) is 5. The quantitative estimate of drug-likeness (QED) is 0.754. The minimum atomic E-state index is -0.0113. The number of nitrogens with zero attached hydrogens (tertiary/aromatic N) is 2. The molecule has 0 aliphatic carbocycles. The van der Waals surface area contributed by atoms with Gasteiger partial charge in [-0.25, -0.2) is 0 Å². The first-order valence-corrected chi connectivity index (χ1v) is 6.11. The lowest BCUT2D eigenvalue weighted by Crippen LogP contribution is -2.26. The number of carbonyl (C=O) groups is 1. The third-order valence-electron chi connectivity index (χ3n) is 2.74. The zero-order valence-corrected chi connectivity index (χ0v) is 10.5. The average Bonchev–Trinajstić information content (AvgIpc) is 2.91. The van der Waals surface area contributed by atoms with E-state index in [4.69, 9.17) is 10.3 Å². The van der Waals surface area contributed by atoms with Gasteiger partial charge in [0.05, 0.1) is 0 Å². The molecule has 0 spiro atoms. The number of carbonyl (C=O) groups excluding carboxylic acids is 1. The summed E-state index contributed by atoms with van der Waals surface area (Å²) in [5, 5.41) is 6.30. The standard InChI is InChI=1S/C13H16N4O2/c14-11-4-2-1-3-10(11)5-6-12(18)15-8-7-13-16-9-17-19-13/h1-4,9H,5-8,14H2,(H,15,18). The van der Waals surface area contributed by atoms with Gasteiger partial charge >= 0.3 is 0 Å². The van der Waals surface area contributed by atoms with Crippen LogP contribution in [0.5, 0.6) is 0 Å². The highest BCUT2D eigenvalue weighted by Crippen LogP contribution is 2.12. The van der Waals surface area contributed by atoms with E-state index >= 15 is 0 Å². The summed E-state index contributed by atoms with van der Waals surface area (Å²) in [5.74, 6) is 0.510. The van der Waals surface area contributed by atoms with Crippen LogP contribution in [-0.2, 0) is 17.6 Å². The van der Waals surface area contributed by atoms with Gasteiger partial charge in [0.1, 0.15) is 0 Å². The van der Waals surface area contributed by atoms with Crippen molar-refractivity contribution in [2.24, 2.45) is 0 Å². The van der Waals surface area contributed by atoms with E-state index < -0.39 is 0 Å². The zero-order chi connectivity index (χ0) is 13.5. The molecule has 0 unspecified atom stereocenters. The van der Waals surface area contributed by atoms with Gasteiger partial charge in [0.25, 0.3) is 0 Å². The Kier molecular flexibility index (Phi) is 4.49. The number of nitrogens with two attached hydrogens (primary N) is 1. The minimum Gasteiger partial charge on any atom is -0.399 e. The predicted octanol–water partition coefficient (Wildman–Crippen LogP) is 0.943. The molecule has 1 aromatic heterocycles. The van der Waals surface area contributed by atoms with Crippen LogP contribution in [0, 0.1) is 0 Å². The summed E-state index contributed by atoms with van der Waals surface area (Å²) in [6.07, 6.45) is 2.94. The molecule has 0 aliphatic rings. The molecule has 0 aliphatic heterocycles. The Hall–Kier alpha value is -2.37. The zero-order valence-electron chi connectivity index (χ0n) is 10.5. The van der Waals surface area contributed by atoms with Crippen LogP contribution in [0.4, 0.5) is 5.69 Å². The maximum absolute atomic E-state index is 11.6. The number of aryl methyl sites for hydroxylation is 1. The highest BCUT2D eigenvalue weighted by Gasteiger charge is 2.05. The highest BCUT2D eigenvalue weighted by molar-refractivity contribution is 5.76. The first kappa shape index (κ1) is 13.1. The maximum Gasteiger partial charge on any atom is 0.228 e. The molecule has 0 bridgehead atoms. The summed E-state index contributed by atoms with van der Waals surface area (Å²) < 4.78 is 4.83. The first-order chi connectivity index (χ1) is 9.25. The van der Waals surface area contributed by atoms with Crippen molar-refractivity contribution in [3.8, 4) is 0 Å². The van der Waals surface area contributed by atoms with E-state index in [2.05, 4.69) is 15.5 Å². The summed E-state index contributed by atoms with van der Waals surface area (Å²) in [6.45, 7) is 0.491. The van der Waals surface area contributed by atoms with Gasteiger partial charge in [-0.2, -0.15) is 4.98 Å². The van der Waals surface area contributed by atoms with Gasteiger partial charge in [-0.3, -0.25) is 4.79 Å². The molecule has 0 fully saturated rings. The van der Waals surface area contributed by atoms with E-state index in [0.717, 1.165) is 11.3 Å². The Labute approximate surface area is 111 Å². The molecule has 2 aromatic rings. The molecule has 0 saturated carbocycles. The lowest BCUT2D eigenvalue weighted by atomic mass is 10.1. The first-order valence-electron chi connectivity index (χ1n) is 6.11. The Bertz CT molecular complexity index is 525. The van der Waals surface area contributed by atoms with E-state index in [1.165, 1.54) is 6.33 Å². The van der Waals surface area contributed by atoms with Gasteiger partial charge in [-0.15, -0.1) is 0 Å². The topological polar surface area (TPSA) is 94.0 Å². The fraction of sp³-hybridized carbons (Fsp3) is 0.308. The summed E-state index contributed by atoms with van der Waals surface area (Å²) in [6, 6.07) is 7.56. The van der Waals surface area contributed by atoms with Gasteiger partial charge in [-0.05, 0) is 18.1 Å². The fourth-order valence-corrected chi connectivity index (χ4v) is 1.71. The molecule has 2 rings (SSSR count). The van der Waals surface area contributed by atoms with Crippen molar-refractivity contribution in [2.45, 2.75) is 19.3 Å². The van der Waals surface area contributed by atoms with Crippen molar-refractivity contribution in [3.63, 3.8) is 0 Å². The number of anilines is 1. The number of nitrogen functional groups attached to an aromatic ring is 1. The molecule has 19 heavy (non-hydrogen) atoms. The highest BCUT2D eigenvalue weighted by atomic mass is 16.5. The number of benzene rings is 1. The molecule has 1 heterocycles. The van der Waals surface area contributed by atoms with Crippen molar-refractivity contribution in [1.82, 2.24) is 15.5 Å². The summed E-state index contributed by atoms with van der Waals surface area (Å²) in [7, 11) is 0. The van der Waals surface area contributed by atoms with Gasteiger partial charge in [-0.1, -0.05) is 23.4 Å². The molecule has 1 aromatic carbocycles. The number of amides is 1. The van der Waals surface area contributed by atoms with E-state index in [1.807, 2.05) is 24.3 Å². The minimum absolute atomic E-state index is 0.0113. The summed E-state index contributed by atoms with van der Waals surface area (Å²) >= 11 is 0. The van der Waals surface area contributed by atoms with Crippen LogP contribution in [0.25, 0.3) is 0 Å². The van der Waals surface area contributed by atoms with Crippen LogP contribution in [0.2, 0.25) is 0 Å². The molecule has 0 radical (unpaired) electrons. The Morgan fingerprint density at radius 2 is 2.16 bits per heavy atom. The van der Waals surface area contributed by atoms with Crippen molar-refractivity contribution >= 4 is 11.6 Å². The molecule has 0 saturated heterocycles. The van der Waals surface area contributed by atoms with Crippen molar-refractivity contribution < 1.29 is 9.32 Å². The number of aromatic nitrogens is 2. The lowest BCUT2D eigenvalue weighted by molar-refractivity contribution is -0.121. The molecule has 3 N–H and O–H groups in total. The van der Waals surface area contributed by atoms with Gasteiger partial charge in [0, 0.05) is 25.1 Å². The summed E-state index contributed by atoms with van der Waals surface area (Å²) in [5.41, 5.74) is 7.53. The van der Waals surface area contributed by atoms with Crippen molar-refractivity contribution in [1.29, 1.82) is 0 Å². The van der Waals surface area contributed by atoms with Crippen LogP contribution >= 0.6 is 0 Å².